The smallest absolute Gasteiger partial charge is 0.115 e. The monoisotopic (exact) mass is 131 g/mol. The van der Waals surface area contributed by atoms with Gasteiger partial charge in [-0.3, -0.25) is 0 Å². The summed E-state index contributed by atoms with van der Waals surface area (Å²) in [5.41, 5.74) is 0. The van der Waals surface area contributed by atoms with Crippen molar-refractivity contribution in [1.82, 2.24) is 4.90 Å². The minimum atomic E-state index is -0.594. The molecule has 0 N–H and O–H groups in total. The Hall–Kier alpha value is -0.110. The lowest BCUT2D eigenvalue weighted by molar-refractivity contribution is 0.112. The lowest BCUT2D eigenvalue weighted by atomic mass is 9.98. The molecule has 0 aromatic carbocycles. The molecule has 1 rings (SSSR count). The number of alkyl halides is 1. The summed E-state index contributed by atoms with van der Waals surface area (Å²) in [4.78, 5) is 2.05. The normalized spacial score (nSPS) is 39.0. The van der Waals surface area contributed by atoms with Crippen molar-refractivity contribution in [2.24, 2.45) is 5.92 Å². The average Bonchev–Trinajstić information content (AvgIpc) is 1.80. The highest BCUT2D eigenvalue weighted by Crippen LogP contribution is 2.17. The van der Waals surface area contributed by atoms with Crippen LogP contribution in [0.25, 0.3) is 0 Å². The summed E-state index contributed by atoms with van der Waals surface area (Å²) < 4.78 is 12.8. The average molecular weight is 131 g/mol. The van der Waals surface area contributed by atoms with E-state index in [1.165, 1.54) is 0 Å². The van der Waals surface area contributed by atoms with E-state index in [2.05, 4.69) is 0 Å². The molecular weight excluding hydrogens is 117 g/mol. The summed E-state index contributed by atoms with van der Waals surface area (Å²) in [6.45, 7) is 3.67. The number of piperidine rings is 1. The molecule has 0 aromatic heterocycles. The highest BCUT2D eigenvalue weighted by molar-refractivity contribution is 4.74. The predicted octanol–water partition coefficient (Wildman–Crippen LogP) is 1.30. The van der Waals surface area contributed by atoms with Gasteiger partial charge >= 0.3 is 0 Å². The van der Waals surface area contributed by atoms with Crippen LogP contribution in [-0.4, -0.2) is 31.2 Å². The van der Waals surface area contributed by atoms with Gasteiger partial charge in [-0.05, 0) is 25.9 Å². The zero-order valence-corrected chi connectivity index (χ0v) is 6.10. The Balaban J connectivity index is 2.35. The van der Waals surface area contributed by atoms with Crippen molar-refractivity contribution in [3.63, 3.8) is 0 Å². The zero-order valence-electron chi connectivity index (χ0n) is 6.10. The fourth-order valence-corrected chi connectivity index (χ4v) is 1.17. The van der Waals surface area contributed by atoms with E-state index < -0.39 is 6.17 Å². The Labute approximate surface area is 55.8 Å². The zero-order chi connectivity index (χ0) is 6.85. The van der Waals surface area contributed by atoms with Gasteiger partial charge in [-0.2, -0.15) is 0 Å². The topological polar surface area (TPSA) is 3.24 Å². The van der Waals surface area contributed by atoms with Crippen LogP contribution in [0.1, 0.15) is 13.3 Å². The summed E-state index contributed by atoms with van der Waals surface area (Å²) in [7, 11) is 1.97. The minimum Gasteiger partial charge on any atom is -0.303 e. The first-order chi connectivity index (χ1) is 4.20. The van der Waals surface area contributed by atoms with E-state index >= 15 is 0 Å². The van der Waals surface area contributed by atoms with Crippen LogP contribution in [0.3, 0.4) is 0 Å². The molecule has 1 fully saturated rings. The molecule has 0 aliphatic carbocycles. The molecule has 9 heavy (non-hydrogen) atoms. The minimum absolute atomic E-state index is 0.279. The fraction of sp³-hybridized carbons (Fsp3) is 1.00. The third kappa shape index (κ3) is 1.65. The number of hydrogen-bond donors (Lipinski definition) is 0. The molecule has 0 radical (unpaired) electrons. The molecule has 0 aromatic rings. The first-order valence-corrected chi connectivity index (χ1v) is 3.53. The molecule has 1 aliphatic rings. The van der Waals surface area contributed by atoms with Gasteiger partial charge < -0.3 is 4.90 Å². The molecule has 1 heterocycles. The van der Waals surface area contributed by atoms with Crippen molar-refractivity contribution in [3.8, 4) is 0 Å². The van der Waals surface area contributed by atoms with Gasteiger partial charge in [0.2, 0.25) is 0 Å². The maximum atomic E-state index is 12.8. The number of halogens is 1. The van der Waals surface area contributed by atoms with Gasteiger partial charge in [0.1, 0.15) is 6.17 Å². The molecule has 1 nitrogen and oxygen atoms in total. The highest BCUT2D eigenvalue weighted by Gasteiger charge is 2.22. The quantitative estimate of drug-likeness (QED) is 0.479. The van der Waals surface area contributed by atoms with Crippen LogP contribution in [0, 0.1) is 5.92 Å². The second-order valence-corrected chi connectivity index (χ2v) is 3.04. The van der Waals surface area contributed by atoms with Gasteiger partial charge in [0.25, 0.3) is 0 Å². The van der Waals surface area contributed by atoms with Crippen molar-refractivity contribution in [1.29, 1.82) is 0 Å². The first kappa shape index (κ1) is 7.00. The van der Waals surface area contributed by atoms with E-state index in [9.17, 15) is 4.39 Å². The van der Waals surface area contributed by atoms with E-state index in [1.54, 1.807) is 0 Å². The number of rotatable bonds is 0. The SMILES string of the molecule is C[C@H]1CCN(C)C[C@H]1F. The van der Waals surface area contributed by atoms with Crippen LogP contribution < -0.4 is 0 Å². The largest absolute Gasteiger partial charge is 0.303 e. The molecule has 0 spiro atoms. The third-order valence-corrected chi connectivity index (χ3v) is 2.07. The van der Waals surface area contributed by atoms with Crippen LogP contribution in [-0.2, 0) is 0 Å². The summed E-state index contributed by atoms with van der Waals surface area (Å²) >= 11 is 0. The second kappa shape index (κ2) is 2.65. The molecule has 1 aliphatic heterocycles. The van der Waals surface area contributed by atoms with Crippen LogP contribution in [0.4, 0.5) is 4.39 Å². The Bertz CT molecular complexity index is 94.9. The van der Waals surface area contributed by atoms with Gasteiger partial charge in [-0.1, -0.05) is 6.92 Å². The molecule has 0 saturated carbocycles. The second-order valence-electron chi connectivity index (χ2n) is 3.04. The number of likely N-dealkylation sites (tertiary alicyclic amines) is 1. The van der Waals surface area contributed by atoms with E-state index in [4.69, 9.17) is 0 Å². The summed E-state index contributed by atoms with van der Waals surface area (Å²) in [5.74, 6) is 0.279. The van der Waals surface area contributed by atoms with Crippen LogP contribution in [0.5, 0.6) is 0 Å². The summed E-state index contributed by atoms with van der Waals surface area (Å²) in [6.07, 6.45) is 0.418. The van der Waals surface area contributed by atoms with Crippen LogP contribution >= 0.6 is 0 Å². The number of nitrogens with zero attached hydrogens (tertiary/aromatic N) is 1. The van der Waals surface area contributed by atoms with Gasteiger partial charge in [0, 0.05) is 6.54 Å². The van der Waals surface area contributed by atoms with E-state index in [0.717, 1.165) is 13.0 Å². The highest BCUT2D eigenvalue weighted by atomic mass is 19.1. The Morgan fingerprint density at radius 3 is 2.67 bits per heavy atom. The summed E-state index contributed by atoms with van der Waals surface area (Å²) in [5, 5.41) is 0. The Kier molecular flexibility index (Phi) is 2.06. The molecule has 54 valence electrons. The maximum absolute atomic E-state index is 12.8. The van der Waals surface area contributed by atoms with Crippen LogP contribution in [0.2, 0.25) is 0 Å². The molecule has 2 heteroatoms. The molecular formula is C7H14FN. The van der Waals surface area contributed by atoms with Crippen LogP contribution in [0.15, 0.2) is 0 Å². The fourth-order valence-electron chi connectivity index (χ4n) is 1.17. The van der Waals surface area contributed by atoms with Crippen molar-refractivity contribution >= 4 is 0 Å². The molecule has 0 bridgehead atoms. The standard InChI is InChI=1S/C7H14FN/c1-6-3-4-9(2)5-7(6)8/h6-7H,3-5H2,1-2H3/t6-,7+/m0/s1. The molecule has 2 atom stereocenters. The third-order valence-electron chi connectivity index (χ3n) is 2.07. The van der Waals surface area contributed by atoms with E-state index in [-0.39, 0.29) is 5.92 Å². The van der Waals surface area contributed by atoms with Gasteiger partial charge in [0.15, 0.2) is 0 Å². The number of hydrogen-bond acceptors (Lipinski definition) is 1. The van der Waals surface area contributed by atoms with E-state index in [1.807, 2.05) is 18.9 Å². The predicted molar refractivity (Wildman–Crippen MR) is 36.2 cm³/mol. The Morgan fingerprint density at radius 2 is 2.22 bits per heavy atom. The summed E-state index contributed by atoms with van der Waals surface area (Å²) in [6, 6.07) is 0. The lowest BCUT2D eigenvalue weighted by Gasteiger charge is -2.29. The van der Waals surface area contributed by atoms with Gasteiger partial charge in [-0.15, -0.1) is 0 Å². The lowest BCUT2D eigenvalue weighted by Crippen LogP contribution is -2.38. The van der Waals surface area contributed by atoms with Gasteiger partial charge in [0.05, 0.1) is 0 Å². The maximum Gasteiger partial charge on any atom is 0.115 e. The Morgan fingerprint density at radius 1 is 1.56 bits per heavy atom. The van der Waals surface area contributed by atoms with Crippen molar-refractivity contribution < 1.29 is 4.39 Å². The van der Waals surface area contributed by atoms with Gasteiger partial charge in [-0.25, -0.2) is 4.39 Å². The van der Waals surface area contributed by atoms with Crippen molar-refractivity contribution in [2.75, 3.05) is 20.1 Å². The first-order valence-electron chi connectivity index (χ1n) is 3.53. The molecule has 0 amide bonds. The molecule has 0 unspecified atom stereocenters. The van der Waals surface area contributed by atoms with Crippen molar-refractivity contribution in [2.45, 2.75) is 19.5 Å². The van der Waals surface area contributed by atoms with E-state index in [0.29, 0.717) is 6.54 Å². The molecule has 1 saturated heterocycles. The van der Waals surface area contributed by atoms with Crippen molar-refractivity contribution in [3.05, 3.63) is 0 Å².